The molecule has 1 aromatic carbocycles. The van der Waals surface area contributed by atoms with Crippen molar-refractivity contribution in [2.75, 3.05) is 84.4 Å². The Labute approximate surface area is 279 Å². The van der Waals surface area contributed by atoms with Crippen LogP contribution >= 0.6 is 0 Å². The fraction of sp³-hybridized carbons (Fsp3) is 0.686. The number of hydrogen-bond donors (Lipinski definition) is 1. The maximum atomic E-state index is 13.5. The van der Waals surface area contributed by atoms with Gasteiger partial charge in [-0.3, -0.25) is 19.3 Å². The van der Waals surface area contributed by atoms with Crippen LogP contribution in [0.4, 0.5) is 10.5 Å². The van der Waals surface area contributed by atoms with E-state index >= 15 is 0 Å². The van der Waals surface area contributed by atoms with Gasteiger partial charge in [0.2, 0.25) is 5.91 Å². The zero-order chi connectivity index (χ0) is 33.3. The van der Waals surface area contributed by atoms with E-state index in [1.807, 2.05) is 6.07 Å². The molecule has 1 N–H and O–H groups in total. The molecule has 0 aliphatic carbocycles. The highest BCUT2D eigenvalue weighted by atomic mass is 16.2. The fourth-order valence-corrected chi connectivity index (χ4v) is 7.93. The first-order valence-corrected chi connectivity index (χ1v) is 17.6. The van der Waals surface area contributed by atoms with Crippen molar-refractivity contribution in [2.45, 2.75) is 75.9 Å². The van der Waals surface area contributed by atoms with Gasteiger partial charge in [-0.15, -0.1) is 0 Å². The van der Waals surface area contributed by atoms with Crippen LogP contribution in [-0.2, 0) is 9.59 Å². The molecule has 0 saturated carbocycles. The Bertz CT molecular complexity index is 1250. The van der Waals surface area contributed by atoms with Crippen molar-refractivity contribution < 1.29 is 24.0 Å². The molecule has 12 heteroatoms. The number of amides is 4. The average molecular weight is 652 g/mol. The monoisotopic (exact) mass is 651 g/mol. The first-order valence-electron chi connectivity index (χ1n) is 17.6. The number of piperidine rings is 3. The highest BCUT2D eigenvalue weighted by Crippen LogP contribution is 2.26. The van der Waals surface area contributed by atoms with Crippen molar-refractivity contribution >= 4 is 36.1 Å². The number of hydrogen-bond acceptors (Lipinski definition) is 8. The number of piperazine rings is 1. The average Bonchev–Trinajstić information content (AvgIpc) is 3.14. The molecule has 1 unspecified atom stereocenters. The number of benzene rings is 1. The van der Waals surface area contributed by atoms with E-state index in [1.165, 1.54) is 51.3 Å². The van der Waals surface area contributed by atoms with Gasteiger partial charge in [0.05, 0.1) is 5.56 Å². The molecule has 47 heavy (non-hydrogen) atoms. The molecule has 12 nitrogen and oxygen atoms in total. The Kier molecular flexibility index (Phi) is 12.3. The van der Waals surface area contributed by atoms with E-state index in [9.17, 15) is 24.0 Å². The molecule has 0 radical (unpaired) electrons. The Morgan fingerprint density at radius 3 is 1.94 bits per heavy atom. The van der Waals surface area contributed by atoms with Gasteiger partial charge in [0.1, 0.15) is 12.3 Å². The number of aldehydes is 2. The molecule has 4 saturated heterocycles. The van der Waals surface area contributed by atoms with E-state index in [0.717, 1.165) is 90.0 Å². The summed E-state index contributed by atoms with van der Waals surface area (Å²) in [5.41, 5.74) is 1.37. The maximum Gasteiger partial charge on any atom is 0.320 e. The van der Waals surface area contributed by atoms with E-state index in [4.69, 9.17) is 0 Å². The fourth-order valence-electron chi connectivity index (χ4n) is 7.93. The highest BCUT2D eigenvalue weighted by Gasteiger charge is 2.34. The molecule has 0 aromatic heterocycles. The molecule has 4 aliphatic rings. The predicted octanol–water partition coefficient (Wildman–Crippen LogP) is 2.32. The quantitative estimate of drug-likeness (QED) is 0.384. The van der Waals surface area contributed by atoms with Crippen molar-refractivity contribution in [3.8, 4) is 0 Å². The number of nitrogens with zero attached hydrogens (tertiary/aromatic N) is 6. The molecule has 0 bridgehead atoms. The van der Waals surface area contributed by atoms with Gasteiger partial charge in [0.15, 0.2) is 6.29 Å². The Hall–Kier alpha value is -3.51. The minimum atomic E-state index is -0.817. The summed E-state index contributed by atoms with van der Waals surface area (Å²) in [7, 11) is 3.03. The van der Waals surface area contributed by atoms with E-state index in [2.05, 4.69) is 29.8 Å². The lowest BCUT2D eigenvalue weighted by atomic mass is 9.99. The summed E-state index contributed by atoms with van der Waals surface area (Å²) in [4.78, 5) is 75.1. The third-order valence-corrected chi connectivity index (χ3v) is 10.9. The van der Waals surface area contributed by atoms with Crippen molar-refractivity contribution in [1.29, 1.82) is 0 Å². The second kappa shape index (κ2) is 16.5. The van der Waals surface area contributed by atoms with Crippen molar-refractivity contribution in [2.24, 2.45) is 0 Å². The topological polar surface area (TPSA) is 117 Å². The minimum Gasteiger partial charge on any atom is -0.369 e. The third-order valence-electron chi connectivity index (χ3n) is 10.9. The Morgan fingerprint density at radius 1 is 0.830 bits per heavy atom. The number of carbonyl (C=O) groups is 5. The maximum absolute atomic E-state index is 13.5. The van der Waals surface area contributed by atoms with Gasteiger partial charge in [0.25, 0.3) is 5.91 Å². The van der Waals surface area contributed by atoms with E-state index in [-0.39, 0.29) is 35.9 Å². The summed E-state index contributed by atoms with van der Waals surface area (Å²) >= 11 is 0. The van der Waals surface area contributed by atoms with Crippen molar-refractivity contribution in [1.82, 2.24) is 29.8 Å². The van der Waals surface area contributed by atoms with Gasteiger partial charge >= 0.3 is 6.03 Å². The number of urea groups is 1. The van der Waals surface area contributed by atoms with Crippen molar-refractivity contribution in [3.63, 3.8) is 0 Å². The van der Waals surface area contributed by atoms with Crippen LogP contribution in [0.3, 0.4) is 0 Å². The summed E-state index contributed by atoms with van der Waals surface area (Å²) < 4.78 is 0. The van der Waals surface area contributed by atoms with Crippen LogP contribution in [0.1, 0.15) is 78.5 Å². The van der Waals surface area contributed by atoms with Gasteiger partial charge in [-0.05, 0) is 76.2 Å². The second-order valence-electron chi connectivity index (χ2n) is 13.5. The molecule has 5 rings (SSSR count). The largest absolute Gasteiger partial charge is 0.369 e. The smallest absolute Gasteiger partial charge is 0.320 e. The molecular formula is C35H53N7O5. The lowest BCUT2D eigenvalue weighted by molar-refractivity contribution is -0.125. The standard InChI is InChI=1S/C35H53N7O5/c1-36-33(45)32(7-6-24-43)37(2)34(46)31-25-30(9-8-27(31)26-44)40-22-20-39(21-23-40)29-12-18-42(19-13-29)35(47)41-16-10-28(11-17-41)38-14-4-3-5-15-38/h8-9,24-26,28-29,32H,3-7,10-23H2,1-2H3,(H,36,45). The summed E-state index contributed by atoms with van der Waals surface area (Å²) in [5, 5.41) is 2.56. The summed E-state index contributed by atoms with van der Waals surface area (Å²) in [5.74, 6) is -0.787. The lowest BCUT2D eigenvalue weighted by Gasteiger charge is -2.45. The molecule has 0 spiro atoms. The Balaban J connectivity index is 1.11. The molecule has 4 fully saturated rings. The molecule has 4 heterocycles. The molecule has 258 valence electrons. The lowest BCUT2D eigenvalue weighted by Crippen LogP contribution is -2.56. The summed E-state index contributed by atoms with van der Waals surface area (Å²) in [6.45, 7) is 9.11. The van der Waals surface area contributed by atoms with Crippen molar-refractivity contribution in [3.05, 3.63) is 29.3 Å². The molecule has 1 aromatic rings. The van der Waals surface area contributed by atoms with Crippen LogP contribution in [0.15, 0.2) is 18.2 Å². The number of carbonyl (C=O) groups excluding carboxylic acids is 5. The van der Waals surface area contributed by atoms with Gasteiger partial charge < -0.3 is 34.6 Å². The summed E-state index contributed by atoms with van der Waals surface area (Å²) in [6, 6.07) is 5.77. The number of likely N-dealkylation sites (tertiary alicyclic amines) is 3. The van der Waals surface area contributed by atoms with Crippen LogP contribution in [-0.4, -0.2) is 153 Å². The number of rotatable bonds is 10. The normalized spacial score (nSPS) is 21.3. The van der Waals surface area contributed by atoms with Crippen LogP contribution in [0, 0.1) is 0 Å². The van der Waals surface area contributed by atoms with Gasteiger partial charge in [-0.1, -0.05) is 6.42 Å². The summed E-state index contributed by atoms with van der Waals surface area (Å²) in [6.07, 6.45) is 9.86. The first kappa shape index (κ1) is 34.8. The van der Waals surface area contributed by atoms with Crippen LogP contribution in [0.2, 0.25) is 0 Å². The van der Waals surface area contributed by atoms with Crippen LogP contribution in [0.25, 0.3) is 0 Å². The zero-order valence-corrected chi connectivity index (χ0v) is 28.3. The Morgan fingerprint density at radius 2 is 1.40 bits per heavy atom. The predicted molar refractivity (Wildman–Crippen MR) is 181 cm³/mol. The van der Waals surface area contributed by atoms with E-state index < -0.39 is 11.9 Å². The number of anilines is 1. The third kappa shape index (κ3) is 8.32. The van der Waals surface area contributed by atoms with E-state index in [0.29, 0.717) is 18.4 Å². The molecule has 4 amide bonds. The molecular weight excluding hydrogens is 598 g/mol. The van der Waals surface area contributed by atoms with Crippen LogP contribution < -0.4 is 10.2 Å². The second-order valence-corrected chi connectivity index (χ2v) is 13.5. The van der Waals surface area contributed by atoms with Gasteiger partial charge in [-0.2, -0.15) is 0 Å². The SMILES string of the molecule is CNC(=O)C(CCC=O)N(C)C(=O)c1cc(N2CCN(C3CCN(C(=O)N4CCC(N5CCCCC5)CC4)CC3)CC2)ccc1C=O. The number of likely N-dealkylation sites (N-methyl/N-ethyl adjacent to an activating group) is 2. The number of nitrogens with one attached hydrogen (secondary N) is 1. The molecule has 1 atom stereocenters. The zero-order valence-electron chi connectivity index (χ0n) is 28.3. The first-order chi connectivity index (χ1) is 22.8. The highest BCUT2D eigenvalue weighted by molar-refractivity contribution is 6.04. The van der Waals surface area contributed by atoms with Crippen LogP contribution in [0.5, 0.6) is 0 Å². The molecule has 4 aliphatic heterocycles. The van der Waals surface area contributed by atoms with Gasteiger partial charge in [0, 0.05) is 96.2 Å². The van der Waals surface area contributed by atoms with Gasteiger partial charge in [-0.25, -0.2) is 4.79 Å². The van der Waals surface area contributed by atoms with E-state index in [1.54, 1.807) is 12.1 Å². The minimum absolute atomic E-state index is 0.147.